The molecule has 0 unspecified atom stereocenters. The highest BCUT2D eigenvalue weighted by Gasteiger charge is 2.31. The van der Waals surface area contributed by atoms with Crippen LogP contribution in [0.3, 0.4) is 0 Å². The summed E-state index contributed by atoms with van der Waals surface area (Å²) < 4.78 is 34.4. The summed E-state index contributed by atoms with van der Waals surface area (Å²) in [4.78, 5) is 13.4. The maximum absolute atomic E-state index is 13.6. The van der Waals surface area contributed by atoms with Crippen LogP contribution >= 0.6 is 15.9 Å². The summed E-state index contributed by atoms with van der Waals surface area (Å²) in [7, 11) is -4.15. The molecule has 184 valence electrons. The van der Waals surface area contributed by atoms with Crippen molar-refractivity contribution in [1.82, 2.24) is 0 Å². The van der Waals surface area contributed by atoms with Gasteiger partial charge in [0.15, 0.2) is 6.61 Å². The lowest BCUT2D eigenvalue weighted by Gasteiger charge is -2.23. The Kier molecular flexibility index (Phi) is 7.91. The Labute approximate surface area is 220 Å². The van der Waals surface area contributed by atoms with Crippen LogP contribution in [0.1, 0.15) is 18.1 Å². The van der Waals surface area contributed by atoms with Crippen molar-refractivity contribution in [3.8, 4) is 16.9 Å². The molecule has 0 aliphatic carbocycles. The fourth-order valence-corrected chi connectivity index (χ4v) is 5.63. The second-order valence-electron chi connectivity index (χ2n) is 8.30. The smallest absolute Gasteiger partial charge is 0.278 e. The van der Waals surface area contributed by atoms with Crippen molar-refractivity contribution < 1.29 is 17.9 Å². The van der Waals surface area contributed by atoms with Crippen molar-refractivity contribution in [2.75, 3.05) is 10.9 Å². The van der Waals surface area contributed by atoms with Gasteiger partial charge in [0.05, 0.1) is 15.1 Å². The average Bonchev–Trinajstić information content (AvgIpc) is 2.89. The van der Waals surface area contributed by atoms with Crippen LogP contribution in [0.25, 0.3) is 11.1 Å². The van der Waals surface area contributed by atoms with E-state index in [1.807, 2.05) is 68.4 Å². The number of benzene rings is 4. The van der Waals surface area contributed by atoms with Gasteiger partial charge in [0, 0.05) is 0 Å². The average molecular weight is 565 g/mol. The maximum atomic E-state index is 13.6. The summed E-state index contributed by atoms with van der Waals surface area (Å²) in [5.74, 6) is -0.254. The predicted octanol–water partition coefficient (Wildman–Crippen LogP) is 6.79. The Hall–Kier alpha value is -3.42. The monoisotopic (exact) mass is 563 g/mol. The van der Waals surface area contributed by atoms with E-state index < -0.39 is 22.5 Å². The van der Waals surface area contributed by atoms with Crippen LogP contribution in [-0.2, 0) is 21.2 Å². The first-order chi connectivity index (χ1) is 17.3. The summed E-state index contributed by atoms with van der Waals surface area (Å²) in [6.45, 7) is 3.43. The van der Waals surface area contributed by atoms with Crippen LogP contribution < -0.4 is 9.04 Å². The molecular formula is C29H26BrNO4S. The van der Waals surface area contributed by atoms with E-state index in [4.69, 9.17) is 4.74 Å². The van der Waals surface area contributed by atoms with Crippen LogP contribution in [0.15, 0.2) is 106 Å². The minimum atomic E-state index is -4.15. The summed E-state index contributed by atoms with van der Waals surface area (Å²) in [5, 5.41) is 0. The van der Waals surface area contributed by atoms with Crippen molar-refractivity contribution in [3.63, 3.8) is 0 Å². The lowest BCUT2D eigenvalue weighted by Crippen LogP contribution is -2.40. The number of rotatable bonds is 8. The zero-order valence-corrected chi connectivity index (χ0v) is 22.4. The lowest BCUT2D eigenvalue weighted by molar-refractivity contribution is -0.119. The van der Waals surface area contributed by atoms with E-state index >= 15 is 0 Å². The Morgan fingerprint density at radius 2 is 1.53 bits per heavy atom. The molecule has 0 aliphatic rings. The molecule has 7 heteroatoms. The largest absolute Gasteiger partial charge is 0.483 e. The third kappa shape index (κ3) is 5.69. The van der Waals surface area contributed by atoms with E-state index in [9.17, 15) is 13.2 Å². The molecular weight excluding hydrogens is 538 g/mol. The van der Waals surface area contributed by atoms with Crippen LogP contribution in [0.4, 0.5) is 5.69 Å². The van der Waals surface area contributed by atoms with E-state index in [0.29, 0.717) is 10.2 Å². The number of sulfonamides is 1. The first kappa shape index (κ1) is 25.7. The van der Waals surface area contributed by atoms with Gasteiger partial charge in [-0.15, -0.1) is 0 Å². The SMILES string of the molecule is CCc1ccc(N(C(=O)COc2ccc(-c3ccccc3)cc2Br)S(=O)(=O)c2ccc(C)cc2)cc1. The molecule has 0 saturated heterocycles. The minimum Gasteiger partial charge on any atom is -0.483 e. The Morgan fingerprint density at radius 1 is 0.861 bits per heavy atom. The van der Waals surface area contributed by atoms with E-state index in [2.05, 4.69) is 15.9 Å². The number of nitrogens with zero attached hydrogens (tertiary/aromatic N) is 1. The number of carbonyl (C=O) groups excluding carboxylic acids is 1. The van der Waals surface area contributed by atoms with Crippen LogP contribution in [0.5, 0.6) is 5.75 Å². The third-order valence-electron chi connectivity index (χ3n) is 5.75. The van der Waals surface area contributed by atoms with Gasteiger partial charge in [-0.05, 0) is 82.4 Å². The normalized spacial score (nSPS) is 11.2. The molecule has 0 N–H and O–H groups in total. The van der Waals surface area contributed by atoms with Gasteiger partial charge in [-0.3, -0.25) is 4.79 Å². The quantitative estimate of drug-likeness (QED) is 0.237. The predicted molar refractivity (Wildman–Crippen MR) is 147 cm³/mol. The van der Waals surface area contributed by atoms with Crippen LogP contribution in [-0.4, -0.2) is 20.9 Å². The number of carbonyl (C=O) groups is 1. The Morgan fingerprint density at radius 3 is 2.14 bits per heavy atom. The lowest BCUT2D eigenvalue weighted by atomic mass is 10.1. The summed E-state index contributed by atoms with van der Waals surface area (Å²) in [5.41, 5.74) is 4.26. The number of ether oxygens (including phenoxy) is 1. The fraction of sp³-hybridized carbons (Fsp3) is 0.138. The van der Waals surface area contributed by atoms with Crippen molar-refractivity contribution >= 4 is 37.5 Å². The van der Waals surface area contributed by atoms with Gasteiger partial charge in [-0.2, -0.15) is 4.31 Å². The van der Waals surface area contributed by atoms with Crippen molar-refractivity contribution in [2.45, 2.75) is 25.2 Å². The van der Waals surface area contributed by atoms with Crippen molar-refractivity contribution in [2.24, 2.45) is 0 Å². The van der Waals surface area contributed by atoms with E-state index in [0.717, 1.165) is 33.0 Å². The summed E-state index contributed by atoms with van der Waals surface area (Å²) in [6, 6.07) is 28.8. The van der Waals surface area contributed by atoms with E-state index in [1.54, 1.807) is 30.3 Å². The molecule has 36 heavy (non-hydrogen) atoms. The van der Waals surface area contributed by atoms with Crippen LogP contribution in [0.2, 0.25) is 0 Å². The summed E-state index contributed by atoms with van der Waals surface area (Å²) >= 11 is 3.51. The number of hydrogen-bond donors (Lipinski definition) is 0. The summed E-state index contributed by atoms with van der Waals surface area (Å²) in [6.07, 6.45) is 0.801. The number of halogens is 1. The Bertz CT molecular complexity index is 1450. The molecule has 5 nitrogen and oxygen atoms in total. The Balaban J connectivity index is 1.61. The van der Waals surface area contributed by atoms with Gasteiger partial charge in [0.25, 0.3) is 15.9 Å². The highest BCUT2D eigenvalue weighted by atomic mass is 79.9. The van der Waals surface area contributed by atoms with Crippen LogP contribution in [0, 0.1) is 6.92 Å². The molecule has 0 aromatic heterocycles. The van der Waals surface area contributed by atoms with Gasteiger partial charge in [0.1, 0.15) is 5.75 Å². The topological polar surface area (TPSA) is 63.7 Å². The molecule has 0 aliphatic heterocycles. The molecule has 0 atom stereocenters. The molecule has 0 fully saturated rings. The molecule has 0 spiro atoms. The molecule has 4 aromatic rings. The zero-order chi connectivity index (χ0) is 25.7. The van der Waals surface area contributed by atoms with Crippen molar-refractivity contribution in [3.05, 3.63) is 113 Å². The first-order valence-corrected chi connectivity index (χ1v) is 13.7. The molecule has 4 rings (SSSR count). The van der Waals surface area contributed by atoms with Crippen molar-refractivity contribution in [1.29, 1.82) is 0 Å². The molecule has 4 aromatic carbocycles. The standard InChI is InChI=1S/C29H26BrNO4S/c1-3-22-11-14-25(15-12-22)31(36(33,34)26-16-9-21(2)10-17-26)29(32)20-35-28-18-13-24(19-27(28)30)23-7-5-4-6-8-23/h4-19H,3,20H2,1-2H3. The second kappa shape index (κ2) is 11.1. The molecule has 0 heterocycles. The van der Waals surface area contributed by atoms with Gasteiger partial charge < -0.3 is 4.74 Å². The molecule has 0 radical (unpaired) electrons. The van der Waals surface area contributed by atoms with Gasteiger partial charge in [-0.1, -0.05) is 73.2 Å². The second-order valence-corrected chi connectivity index (χ2v) is 10.9. The van der Waals surface area contributed by atoms with E-state index in [1.165, 1.54) is 12.1 Å². The highest BCUT2D eigenvalue weighted by molar-refractivity contribution is 9.10. The zero-order valence-electron chi connectivity index (χ0n) is 20.0. The van der Waals surface area contributed by atoms with Gasteiger partial charge >= 0.3 is 0 Å². The maximum Gasteiger partial charge on any atom is 0.278 e. The number of anilines is 1. The minimum absolute atomic E-state index is 0.0365. The number of hydrogen-bond acceptors (Lipinski definition) is 4. The number of amides is 1. The molecule has 0 saturated carbocycles. The molecule has 1 amide bonds. The first-order valence-electron chi connectivity index (χ1n) is 11.5. The fourth-order valence-electron chi connectivity index (χ4n) is 3.73. The highest BCUT2D eigenvalue weighted by Crippen LogP contribution is 2.31. The van der Waals surface area contributed by atoms with Gasteiger partial charge in [-0.25, -0.2) is 8.42 Å². The third-order valence-corrected chi connectivity index (χ3v) is 8.14. The number of aryl methyl sites for hydroxylation is 2. The molecule has 0 bridgehead atoms. The van der Waals surface area contributed by atoms with E-state index in [-0.39, 0.29) is 10.6 Å². The van der Waals surface area contributed by atoms with Gasteiger partial charge in [0.2, 0.25) is 0 Å².